The quantitative estimate of drug-likeness (QED) is 0.646. The minimum Gasteiger partial charge on any atom is -0.444 e. The van der Waals surface area contributed by atoms with Gasteiger partial charge in [0.25, 0.3) is 0 Å². The molecule has 4 aliphatic rings. The Hall–Kier alpha value is -1.92. The lowest BCUT2D eigenvalue weighted by atomic mass is 9.41. The van der Waals surface area contributed by atoms with Crippen molar-refractivity contribution in [2.45, 2.75) is 76.5 Å². The summed E-state index contributed by atoms with van der Waals surface area (Å²) < 4.78 is 5.46. The van der Waals surface area contributed by atoms with Gasteiger partial charge in [-0.1, -0.05) is 30.3 Å². The van der Waals surface area contributed by atoms with Crippen LogP contribution in [0.1, 0.15) is 58.4 Å². The van der Waals surface area contributed by atoms with Gasteiger partial charge in [-0.3, -0.25) is 4.79 Å². The molecule has 0 heterocycles. The summed E-state index contributed by atoms with van der Waals surface area (Å²) in [6.45, 7) is 5.37. The highest BCUT2D eigenvalue weighted by atomic mass is 16.6. The molecule has 4 aliphatic carbocycles. The molecule has 5 rings (SSSR count). The summed E-state index contributed by atoms with van der Waals surface area (Å²) in [4.78, 5) is 26.7. The summed E-state index contributed by atoms with van der Waals surface area (Å²) in [5.41, 5.74) is 6.14. The molecule has 0 radical (unpaired) electrons. The Morgan fingerprint density at radius 2 is 1.77 bits per heavy atom. The third-order valence-corrected chi connectivity index (χ3v) is 7.50. The molecule has 170 valence electrons. The first-order chi connectivity index (χ1) is 14.5. The molecular weight excluding hydrogens is 392 g/mol. The number of hydrogen-bond acceptors (Lipinski definition) is 5. The van der Waals surface area contributed by atoms with Crippen LogP contribution in [0.2, 0.25) is 0 Å². The van der Waals surface area contributed by atoms with Crippen molar-refractivity contribution in [2.75, 3.05) is 6.61 Å². The maximum Gasteiger partial charge on any atom is 0.408 e. The molecule has 4 atom stereocenters. The second-order valence-corrected chi connectivity index (χ2v) is 11.3. The number of alkyl carbamates (subject to hydrolysis) is 1. The van der Waals surface area contributed by atoms with E-state index < -0.39 is 34.6 Å². The Bertz CT molecular complexity index is 818. The number of ketones is 1. The van der Waals surface area contributed by atoms with Crippen molar-refractivity contribution in [1.29, 1.82) is 0 Å². The van der Waals surface area contributed by atoms with E-state index in [9.17, 15) is 14.7 Å². The molecule has 1 aromatic rings. The molecule has 0 saturated heterocycles. The SMILES string of the molecule is CC(C)(C)OC(=O)N[C@@H](Cc1ccccc1)C(=O)C1C2(N)CC3CC(C2)CC1(CO)C3. The minimum atomic E-state index is -0.747. The molecule has 4 saturated carbocycles. The Kier molecular flexibility index (Phi) is 5.67. The topological polar surface area (TPSA) is 102 Å². The summed E-state index contributed by atoms with van der Waals surface area (Å²) in [7, 11) is 0. The molecule has 4 bridgehead atoms. The normalized spacial score (nSPS) is 34.9. The van der Waals surface area contributed by atoms with Gasteiger partial charge < -0.3 is 20.9 Å². The van der Waals surface area contributed by atoms with Crippen molar-refractivity contribution >= 4 is 11.9 Å². The van der Waals surface area contributed by atoms with Crippen molar-refractivity contribution in [3.8, 4) is 0 Å². The Morgan fingerprint density at radius 1 is 1.16 bits per heavy atom. The van der Waals surface area contributed by atoms with Gasteiger partial charge in [-0.2, -0.15) is 0 Å². The van der Waals surface area contributed by atoms with Crippen molar-refractivity contribution in [3.63, 3.8) is 0 Å². The molecule has 31 heavy (non-hydrogen) atoms. The zero-order valence-electron chi connectivity index (χ0n) is 18.9. The minimum absolute atomic E-state index is 0.0279. The van der Waals surface area contributed by atoms with E-state index in [-0.39, 0.29) is 12.4 Å². The van der Waals surface area contributed by atoms with Crippen LogP contribution in [-0.2, 0) is 16.0 Å². The maximum absolute atomic E-state index is 14.0. The van der Waals surface area contributed by atoms with Gasteiger partial charge in [-0.15, -0.1) is 0 Å². The zero-order chi connectivity index (χ0) is 22.4. The van der Waals surface area contributed by atoms with Gasteiger partial charge in [-0.25, -0.2) is 4.79 Å². The van der Waals surface area contributed by atoms with Gasteiger partial charge in [0.15, 0.2) is 5.78 Å². The number of benzene rings is 1. The monoisotopic (exact) mass is 428 g/mol. The highest BCUT2D eigenvalue weighted by Gasteiger charge is 2.65. The molecule has 1 amide bonds. The number of aliphatic hydroxyl groups is 1. The number of aliphatic hydroxyl groups excluding tert-OH is 1. The molecule has 4 fully saturated rings. The first-order valence-corrected chi connectivity index (χ1v) is 11.5. The Balaban J connectivity index is 1.63. The Morgan fingerprint density at radius 3 is 2.32 bits per heavy atom. The van der Waals surface area contributed by atoms with Crippen molar-refractivity contribution in [2.24, 2.45) is 28.9 Å². The summed E-state index contributed by atoms with van der Waals surface area (Å²) in [6, 6.07) is 8.93. The highest BCUT2D eigenvalue weighted by Crippen LogP contribution is 2.63. The van der Waals surface area contributed by atoms with E-state index in [1.165, 1.54) is 0 Å². The van der Waals surface area contributed by atoms with E-state index >= 15 is 0 Å². The van der Waals surface area contributed by atoms with E-state index in [0.29, 0.717) is 18.3 Å². The Labute approximate surface area is 184 Å². The fourth-order valence-electron chi connectivity index (χ4n) is 6.95. The van der Waals surface area contributed by atoms with Crippen LogP contribution in [0, 0.1) is 23.2 Å². The van der Waals surface area contributed by atoms with Gasteiger partial charge in [-0.05, 0) is 76.7 Å². The third kappa shape index (κ3) is 4.37. The lowest BCUT2D eigenvalue weighted by Gasteiger charge is -2.64. The van der Waals surface area contributed by atoms with Gasteiger partial charge in [0.2, 0.25) is 0 Å². The first-order valence-electron chi connectivity index (χ1n) is 11.5. The molecule has 0 aromatic heterocycles. The van der Waals surface area contributed by atoms with Crippen molar-refractivity contribution < 1.29 is 19.4 Å². The summed E-state index contributed by atoms with van der Waals surface area (Å²) >= 11 is 0. The molecule has 0 spiro atoms. The smallest absolute Gasteiger partial charge is 0.408 e. The molecule has 3 unspecified atom stereocenters. The fourth-order valence-corrected chi connectivity index (χ4v) is 6.95. The molecule has 0 aliphatic heterocycles. The van der Waals surface area contributed by atoms with E-state index in [0.717, 1.165) is 37.7 Å². The number of nitrogens with one attached hydrogen (secondary N) is 1. The van der Waals surface area contributed by atoms with Gasteiger partial charge >= 0.3 is 6.09 Å². The molecule has 6 heteroatoms. The van der Waals surface area contributed by atoms with Crippen molar-refractivity contribution in [3.05, 3.63) is 35.9 Å². The number of carbonyl (C=O) groups is 2. The summed E-state index contributed by atoms with van der Waals surface area (Å²) in [5.74, 6) is 0.451. The number of hydrogen-bond donors (Lipinski definition) is 3. The standard InChI is InChI=1S/C25H36N2O4/c1-23(2,3)31-22(30)27-19(10-16-7-5-4-6-8-16)20(29)21-24(15-28)11-17-9-18(12-24)14-25(21,26)13-17/h4-8,17-19,21,28H,9-15,26H2,1-3H3,(H,27,30)/t17?,18?,19-,21?,24?,25?/m0/s1. The zero-order valence-corrected chi connectivity index (χ0v) is 18.9. The predicted octanol–water partition coefficient (Wildman–Crippen LogP) is 3.21. The second kappa shape index (κ2) is 7.89. The largest absolute Gasteiger partial charge is 0.444 e. The average molecular weight is 429 g/mol. The number of nitrogens with two attached hydrogens (primary N) is 1. The third-order valence-electron chi connectivity index (χ3n) is 7.50. The maximum atomic E-state index is 14.0. The number of Topliss-reactive ketones (excluding diaryl/α,β-unsaturated/α-hetero) is 1. The lowest BCUT2D eigenvalue weighted by molar-refractivity contribution is -0.166. The van der Waals surface area contributed by atoms with Crippen molar-refractivity contribution in [1.82, 2.24) is 5.32 Å². The summed E-state index contributed by atoms with van der Waals surface area (Å²) in [5, 5.41) is 13.3. The molecule has 4 N–H and O–H groups in total. The van der Waals surface area contributed by atoms with Crippen LogP contribution >= 0.6 is 0 Å². The second-order valence-electron chi connectivity index (χ2n) is 11.3. The predicted molar refractivity (Wildman–Crippen MR) is 118 cm³/mol. The van der Waals surface area contributed by atoms with Gasteiger partial charge in [0, 0.05) is 23.5 Å². The van der Waals surface area contributed by atoms with Crippen LogP contribution in [0.3, 0.4) is 0 Å². The van der Waals surface area contributed by atoms with Gasteiger partial charge in [0.1, 0.15) is 5.60 Å². The fraction of sp³-hybridized carbons (Fsp3) is 0.680. The highest BCUT2D eigenvalue weighted by molar-refractivity contribution is 5.91. The number of amides is 1. The van der Waals surface area contributed by atoms with Crippen LogP contribution in [0.4, 0.5) is 4.79 Å². The number of carbonyl (C=O) groups excluding carboxylic acids is 2. The van der Waals surface area contributed by atoms with Crippen LogP contribution in [0.25, 0.3) is 0 Å². The van der Waals surface area contributed by atoms with E-state index in [4.69, 9.17) is 10.5 Å². The number of rotatable bonds is 6. The van der Waals surface area contributed by atoms with Crippen LogP contribution in [-0.4, -0.2) is 40.8 Å². The molecular formula is C25H36N2O4. The van der Waals surface area contributed by atoms with Crippen LogP contribution < -0.4 is 11.1 Å². The average Bonchev–Trinajstić information content (AvgIpc) is 2.65. The van der Waals surface area contributed by atoms with Gasteiger partial charge in [0.05, 0.1) is 6.04 Å². The van der Waals surface area contributed by atoms with E-state index in [1.807, 2.05) is 30.3 Å². The molecule has 6 nitrogen and oxygen atoms in total. The van der Waals surface area contributed by atoms with Crippen LogP contribution in [0.15, 0.2) is 30.3 Å². The first kappa shape index (κ1) is 22.3. The molecule has 1 aromatic carbocycles. The van der Waals surface area contributed by atoms with Crippen LogP contribution in [0.5, 0.6) is 0 Å². The summed E-state index contributed by atoms with van der Waals surface area (Å²) in [6.07, 6.45) is 4.28. The van der Waals surface area contributed by atoms with E-state index in [2.05, 4.69) is 5.32 Å². The van der Waals surface area contributed by atoms with E-state index in [1.54, 1.807) is 20.8 Å². The lowest BCUT2D eigenvalue weighted by Crippen LogP contribution is -2.71. The number of ether oxygens (including phenoxy) is 1.